The van der Waals surface area contributed by atoms with E-state index in [1.165, 1.54) is 6.08 Å². The van der Waals surface area contributed by atoms with Gasteiger partial charge >= 0.3 is 5.97 Å². The molecule has 0 radical (unpaired) electrons. The molecule has 7 heteroatoms. The highest BCUT2D eigenvalue weighted by Gasteiger charge is 2.42. The van der Waals surface area contributed by atoms with Crippen LogP contribution in [0.2, 0.25) is 0 Å². The van der Waals surface area contributed by atoms with Crippen LogP contribution in [0, 0.1) is 0 Å². The maximum Gasteiger partial charge on any atom is 0.329 e. The Kier molecular flexibility index (Phi) is 4.75. The van der Waals surface area contributed by atoms with Gasteiger partial charge < -0.3 is 15.3 Å². The van der Waals surface area contributed by atoms with E-state index in [4.69, 9.17) is 0 Å². The van der Waals surface area contributed by atoms with Crippen molar-refractivity contribution in [3.05, 3.63) is 24.0 Å². The second kappa shape index (κ2) is 6.55. The van der Waals surface area contributed by atoms with Crippen molar-refractivity contribution in [3.63, 3.8) is 0 Å². The summed E-state index contributed by atoms with van der Waals surface area (Å²) in [6.07, 6.45) is 8.68. The fourth-order valence-corrected chi connectivity index (χ4v) is 2.47. The predicted molar refractivity (Wildman–Crippen MR) is 82.4 cm³/mol. The van der Waals surface area contributed by atoms with E-state index in [2.05, 4.69) is 15.3 Å². The number of carbonyl (C=O) groups excluding carboxylic acids is 1. The molecule has 1 aliphatic carbocycles. The van der Waals surface area contributed by atoms with Crippen LogP contribution >= 0.6 is 0 Å². The molecule has 1 heterocycles. The lowest BCUT2D eigenvalue weighted by atomic mass is 9.98. The number of nitrogens with zero attached hydrogens (tertiary/aromatic N) is 3. The standard InChI is InChI=1S/C15H20N4O3/c1-19(2)14-16-9-11(10-17-14)5-6-12(20)18-15(13(21)22)7-3-4-8-15/h5-6,9-10H,3-4,7-8H2,1-2H3,(H,18,20)(H,21,22). The molecule has 0 unspecified atom stereocenters. The number of amides is 1. The summed E-state index contributed by atoms with van der Waals surface area (Å²) < 4.78 is 0. The summed E-state index contributed by atoms with van der Waals surface area (Å²) >= 11 is 0. The van der Waals surface area contributed by atoms with Crippen molar-refractivity contribution >= 4 is 23.9 Å². The first-order chi connectivity index (χ1) is 10.4. The van der Waals surface area contributed by atoms with Crippen LogP contribution in [0.3, 0.4) is 0 Å². The molecule has 0 bridgehead atoms. The summed E-state index contributed by atoms with van der Waals surface area (Å²) in [4.78, 5) is 33.4. The molecule has 1 aliphatic rings. The van der Waals surface area contributed by atoms with Crippen LogP contribution in [0.1, 0.15) is 31.2 Å². The minimum atomic E-state index is -1.12. The first-order valence-electron chi connectivity index (χ1n) is 7.16. The highest BCUT2D eigenvalue weighted by atomic mass is 16.4. The number of anilines is 1. The molecule has 2 rings (SSSR count). The molecule has 118 valence electrons. The number of aliphatic carboxylic acids is 1. The van der Waals surface area contributed by atoms with Crippen molar-refractivity contribution in [2.45, 2.75) is 31.2 Å². The maximum absolute atomic E-state index is 11.9. The van der Waals surface area contributed by atoms with Crippen LogP contribution in [-0.4, -0.2) is 46.6 Å². The minimum absolute atomic E-state index is 0.416. The Morgan fingerprint density at radius 3 is 2.36 bits per heavy atom. The highest BCUT2D eigenvalue weighted by Crippen LogP contribution is 2.29. The van der Waals surface area contributed by atoms with Crippen LogP contribution < -0.4 is 10.2 Å². The van der Waals surface area contributed by atoms with Crippen molar-refractivity contribution in [1.82, 2.24) is 15.3 Å². The second-order valence-electron chi connectivity index (χ2n) is 5.63. The normalized spacial score (nSPS) is 16.6. The van der Waals surface area contributed by atoms with Gasteiger partial charge in [-0.15, -0.1) is 0 Å². The van der Waals surface area contributed by atoms with E-state index in [0.29, 0.717) is 24.4 Å². The summed E-state index contributed by atoms with van der Waals surface area (Å²) in [5.74, 6) is -0.802. The number of carboxylic acids is 1. The van der Waals surface area contributed by atoms with Crippen LogP contribution in [0.5, 0.6) is 0 Å². The molecule has 2 N–H and O–H groups in total. The van der Waals surface area contributed by atoms with E-state index < -0.39 is 17.4 Å². The van der Waals surface area contributed by atoms with E-state index >= 15 is 0 Å². The smallest absolute Gasteiger partial charge is 0.329 e. The molecule has 1 saturated carbocycles. The zero-order chi connectivity index (χ0) is 16.2. The minimum Gasteiger partial charge on any atom is -0.480 e. The summed E-state index contributed by atoms with van der Waals surface area (Å²) in [5, 5.41) is 11.9. The van der Waals surface area contributed by atoms with Crippen LogP contribution in [0.15, 0.2) is 18.5 Å². The molecular weight excluding hydrogens is 284 g/mol. The molecule has 1 aromatic rings. The van der Waals surface area contributed by atoms with Gasteiger partial charge in [-0.3, -0.25) is 4.79 Å². The summed E-state index contributed by atoms with van der Waals surface area (Å²) in [5.41, 5.74) is -0.441. The molecular formula is C15H20N4O3. The van der Waals surface area contributed by atoms with E-state index in [9.17, 15) is 14.7 Å². The molecule has 22 heavy (non-hydrogen) atoms. The quantitative estimate of drug-likeness (QED) is 0.790. The first kappa shape index (κ1) is 15.9. The third-order valence-corrected chi connectivity index (χ3v) is 3.71. The van der Waals surface area contributed by atoms with Gasteiger partial charge in [0.05, 0.1) is 0 Å². The summed E-state index contributed by atoms with van der Waals surface area (Å²) in [6, 6.07) is 0. The SMILES string of the molecule is CN(C)c1ncc(C=CC(=O)NC2(C(=O)O)CCCC2)cn1. The van der Waals surface area contributed by atoms with Gasteiger partial charge in [-0.1, -0.05) is 12.8 Å². The second-order valence-corrected chi connectivity index (χ2v) is 5.63. The predicted octanol–water partition coefficient (Wildman–Crippen LogP) is 1.07. The Balaban J connectivity index is 2.00. The largest absolute Gasteiger partial charge is 0.480 e. The van der Waals surface area contributed by atoms with Gasteiger partial charge in [0, 0.05) is 38.1 Å². The molecule has 0 saturated heterocycles. The van der Waals surface area contributed by atoms with E-state index in [1.54, 1.807) is 23.4 Å². The Bertz CT molecular complexity index is 575. The lowest BCUT2D eigenvalue weighted by molar-refractivity contribution is -0.146. The molecule has 0 spiro atoms. The van der Waals surface area contributed by atoms with Crippen molar-refractivity contribution in [3.8, 4) is 0 Å². The van der Waals surface area contributed by atoms with E-state index in [0.717, 1.165) is 12.8 Å². The van der Waals surface area contributed by atoms with Gasteiger partial charge in [-0.25, -0.2) is 14.8 Å². The summed E-state index contributed by atoms with van der Waals surface area (Å²) in [7, 11) is 3.68. The fraction of sp³-hybridized carbons (Fsp3) is 0.467. The number of rotatable bonds is 5. The zero-order valence-electron chi connectivity index (χ0n) is 12.7. The van der Waals surface area contributed by atoms with Crippen molar-refractivity contribution in [2.75, 3.05) is 19.0 Å². The zero-order valence-corrected chi connectivity index (χ0v) is 12.7. The van der Waals surface area contributed by atoms with Crippen LogP contribution in [0.4, 0.5) is 5.95 Å². The maximum atomic E-state index is 11.9. The van der Waals surface area contributed by atoms with Crippen LogP contribution in [-0.2, 0) is 9.59 Å². The van der Waals surface area contributed by atoms with Crippen molar-refractivity contribution in [2.24, 2.45) is 0 Å². The lowest BCUT2D eigenvalue weighted by Crippen LogP contribution is -2.52. The van der Waals surface area contributed by atoms with Gasteiger partial charge in [0.15, 0.2) is 0 Å². The number of carbonyl (C=O) groups is 2. The monoisotopic (exact) mass is 304 g/mol. The Morgan fingerprint density at radius 1 is 1.27 bits per heavy atom. The Labute approximate surface area is 129 Å². The lowest BCUT2D eigenvalue weighted by Gasteiger charge is -2.24. The van der Waals surface area contributed by atoms with E-state index in [-0.39, 0.29) is 0 Å². The van der Waals surface area contributed by atoms with Gasteiger partial charge in [0.25, 0.3) is 0 Å². The number of hydrogen-bond acceptors (Lipinski definition) is 5. The Hall–Kier alpha value is -2.44. The third-order valence-electron chi connectivity index (χ3n) is 3.71. The topological polar surface area (TPSA) is 95.4 Å². The highest BCUT2D eigenvalue weighted by molar-refractivity contribution is 5.95. The fourth-order valence-electron chi connectivity index (χ4n) is 2.47. The molecule has 0 aliphatic heterocycles. The van der Waals surface area contributed by atoms with Crippen LogP contribution in [0.25, 0.3) is 6.08 Å². The Morgan fingerprint density at radius 2 is 1.86 bits per heavy atom. The molecule has 1 aromatic heterocycles. The first-order valence-corrected chi connectivity index (χ1v) is 7.16. The van der Waals surface area contributed by atoms with Crippen molar-refractivity contribution < 1.29 is 14.7 Å². The average Bonchev–Trinajstić information content (AvgIpc) is 2.95. The van der Waals surface area contributed by atoms with Gasteiger partial charge in [-0.05, 0) is 18.9 Å². The van der Waals surface area contributed by atoms with Gasteiger partial charge in [-0.2, -0.15) is 0 Å². The summed E-state index contributed by atoms with van der Waals surface area (Å²) in [6.45, 7) is 0. The number of aromatic nitrogens is 2. The average molecular weight is 304 g/mol. The van der Waals surface area contributed by atoms with Gasteiger partial charge in [0.2, 0.25) is 11.9 Å². The third kappa shape index (κ3) is 3.60. The number of carboxylic acid groups (broad SMARTS) is 1. The molecule has 0 aromatic carbocycles. The number of nitrogens with one attached hydrogen (secondary N) is 1. The molecule has 0 atom stereocenters. The molecule has 7 nitrogen and oxygen atoms in total. The van der Waals surface area contributed by atoms with E-state index in [1.807, 2.05) is 14.1 Å². The van der Waals surface area contributed by atoms with Gasteiger partial charge in [0.1, 0.15) is 5.54 Å². The number of hydrogen-bond donors (Lipinski definition) is 2. The molecule has 1 amide bonds. The van der Waals surface area contributed by atoms with Crippen molar-refractivity contribution in [1.29, 1.82) is 0 Å². The molecule has 1 fully saturated rings.